The van der Waals surface area contributed by atoms with Crippen LogP contribution < -0.4 is 4.74 Å². The summed E-state index contributed by atoms with van der Waals surface area (Å²) in [5.74, 6) is -0.328. The lowest BCUT2D eigenvalue weighted by molar-refractivity contribution is 0.0978. The van der Waals surface area contributed by atoms with Crippen LogP contribution in [0.5, 0.6) is 5.75 Å². The van der Waals surface area contributed by atoms with E-state index >= 15 is 0 Å². The first-order chi connectivity index (χ1) is 10.3. The van der Waals surface area contributed by atoms with E-state index in [0.717, 1.165) is 6.42 Å². The molecule has 0 fully saturated rings. The van der Waals surface area contributed by atoms with Crippen LogP contribution in [-0.4, -0.2) is 12.4 Å². The molecule has 106 valence electrons. The van der Waals surface area contributed by atoms with Crippen molar-refractivity contribution in [2.75, 3.05) is 6.61 Å². The highest BCUT2D eigenvalue weighted by atomic mass is 16.5. The Morgan fingerprint density at radius 3 is 2.62 bits per heavy atom. The first-order valence-corrected chi connectivity index (χ1v) is 6.98. The van der Waals surface area contributed by atoms with Crippen molar-refractivity contribution in [1.82, 2.24) is 0 Å². The van der Waals surface area contributed by atoms with E-state index in [1.807, 2.05) is 31.2 Å². The lowest BCUT2D eigenvalue weighted by Gasteiger charge is -2.10. The number of hydrogen-bond donors (Lipinski definition) is 0. The summed E-state index contributed by atoms with van der Waals surface area (Å²) < 4.78 is 5.53. The summed E-state index contributed by atoms with van der Waals surface area (Å²) in [6.07, 6.45) is 0.906. The number of nitrogens with zero attached hydrogens (tertiary/aromatic N) is 1. The van der Waals surface area contributed by atoms with E-state index in [9.17, 15) is 10.1 Å². The number of ether oxygens (including phenoxy) is 1. The van der Waals surface area contributed by atoms with Gasteiger partial charge in [-0.3, -0.25) is 4.79 Å². The Morgan fingerprint density at radius 2 is 1.95 bits per heavy atom. The first kappa shape index (κ1) is 14.8. The van der Waals surface area contributed by atoms with Crippen molar-refractivity contribution in [3.63, 3.8) is 0 Å². The van der Waals surface area contributed by atoms with Crippen molar-refractivity contribution in [1.29, 1.82) is 5.26 Å². The zero-order chi connectivity index (χ0) is 15.1. The number of nitriles is 1. The van der Waals surface area contributed by atoms with E-state index in [4.69, 9.17) is 4.74 Å². The highest BCUT2D eigenvalue weighted by Gasteiger charge is 2.21. The second-order valence-corrected chi connectivity index (χ2v) is 4.71. The molecule has 0 bridgehead atoms. The molecular formula is C18H17NO2. The second-order valence-electron chi connectivity index (χ2n) is 4.71. The quantitative estimate of drug-likeness (QED) is 0.752. The van der Waals surface area contributed by atoms with E-state index in [0.29, 0.717) is 23.5 Å². The fourth-order valence-corrected chi connectivity index (χ4v) is 2.06. The lowest BCUT2D eigenvalue weighted by Crippen LogP contribution is -2.11. The van der Waals surface area contributed by atoms with Crippen LogP contribution in [0, 0.1) is 11.3 Å². The van der Waals surface area contributed by atoms with Gasteiger partial charge in [0.2, 0.25) is 0 Å². The van der Waals surface area contributed by atoms with Gasteiger partial charge in [0.1, 0.15) is 11.7 Å². The van der Waals surface area contributed by atoms with Crippen molar-refractivity contribution in [3.8, 4) is 11.8 Å². The number of Topliss-reactive ketones (excluding diaryl/α,β-unsaturated/α-hetero) is 1. The Balaban J connectivity index is 2.24. The Hall–Kier alpha value is -2.60. The van der Waals surface area contributed by atoms with Crippen LogP contribution >= 0.6 is 0 Å². The minimum absolute atomic E-state index is 0.203. The van der Waals surface area contributed by atoms with Gasteiger partial charge in [0.15, 0.2) is 5.78 Å². The number of carbonyl (C=O) groups is 1. The summed E-state index contributed by atoms with van der Waals surface area (Å²) in [5.41, 5.74) is 1.21. The zero-order valence-corrected chi connectivity index (χ0v) is 12.0. The molecule has 0 N–H and O–H groups in total. The minimum Gasteiger partial charge on any atom is -0.494 e. The third-order valence-electron chi connectivity index (χ3n) is 3.12. The Labute approximate surface area is 124 Å². The largest absolute Gasteiger partial charge is 0.494 e. The van der Waals surface area contributed by atoms with Crippen LogP contribution in [-0.2, 0) is 0 Å². The maximum atomic E-state index is 12.5. The first-order valence-electron chi connectivity index (χ1n) is 6.98. The zero-order valence-electron chi connectivity index (χ0n) is 12.0. The molecule has 21 heavy (non-hydrogen) atoms. The molecule has 0 aliphatic rings. The van der Waals surface area contributed by atoms with Gasteiger partial charge in [-0.2, -0.15) is 5.26 Å². The predicted molar refractivity (Wildman–Crippen MR) is 81.4 cm³/mol. The topological polar surface area (TPSA) is 50.1 Å². The van der Waals surface area contributed by atoms with E-state index < -0.39 is 5.92 Å². The summed E-state index contributed by atoms with van der Waals surface area (Å²) >= 11 is 0. The summed E-state index contributed by atoms with van der Waals surface area (Å²) in [7, 11) is 0. The summed E-state index contributed by atoms with van der Waals surface area (Å²) in [6.45, 7) is 2.63. The van der Waals surface area contributed by atoms with Gasteiger partial charge >= 0.3 is 0 Å². The third-order valence-corrected chi connectivity index (χ3v) is 3.12. The molecule has 0 amide bonds. The molecule has 3 heteroatoms. The van der Waals surface area contributed by atoms with Crippen molar-refractivity contribution < 1.29 is 9.53 Å². The van der Waals surface area contributed by atoms with Gasteiger partial charge in [-0.05, 0) is 24.1 Å². The van der Waals surface area contributed by atoms with Gasteiger partial charge in [-0.25, -0.2) is 0 Å². The van der Waals surface area contributed by atoms with Gasteiger partial charge in [0.25, 0.3) is 0 Å². The average molecular weight is 279 g/mol. The lowest BCUT2D eigenvalue weighted by atomic mass is 9.92. The second kappa shape index (κ2) is 7.25. The maximum Gasteiger partial charge on any atom is 0.184 e. The molecule has 3 nitrogen and oxygen atoms in total. The average Bonchev–Trinajstić information content (AvgIpc) is 2.55. The van der Waals surface area contributed by atoms with Gasteiger partial charge < -0.3 is 4.74 Å². The molecule has 0 aromatic heterocycles. The van der Waals surface area contributed by atoms with E-state index in [1.165, 1.54) is 0 Å². The van der Waals surface area contributed by atoms with Crippen LogP contribution in [0.15, 0.2) is 54.6 Å². The number of ketones is 1. The third kappa shape index (κ3) is 3.70. The van der Waals surface area contributed by atoms with E-state index in [-0.39, 0.29) is 5.78 Å². The Morgan fingerprint density at radius 1 is 1.19 bits per heavy atom. The normalized spacial score (nSPS) is 11.4. The molecule has 1 unspecified atom stereocenters. The SMILES string of the molecule is CCCOc1cccc(C(=O)C(C#N)c2ccccc2)c1. The fourth-order valence-electron chi connectivity index (χ4n) is 2.06. The monoisotopic (exact) mass is 279 g/mol. The van der Waals surface area contributed by atoms with E-state index in [1.54, 1.807) is 30.3 Å². The van der Waals surface area contributed by atoms with E-state index in [2.05, 4.69) is 6.07 Å². The molecule has 2 rings (SSSR count). The highest BCUT2D eigenvalue weighted by molar-refractivity contribution is 6.03. The molecule has 2 aromatic carbocycles. The van der Waals surface area contributed by atoms with Crippen LogP contribution in [0.1, 0.15) is 35.2 Å². The van der Waals surface area contributed by atoms with Gasteiger partial charge in [0.05, 0.1) is 12.7 Å². The number of rotatable bonds is 6. The molecule has 0 radical (unpaired) electrons. The Kier molecular flexibility index (Phi) is 5.11. The van der Waals surface area contributed by atoms with Crippen LogP contribution in [0.25, 0.3) is 0 Å². The van der Waals surface area contributed by atoms with Crippen molar-refractivity contribution in [2.45, 2.75) is 19.3 Å². The molecule has 0 heterocycles. The summed E-state index contributed by atoms with van der Waals surface area (Å²) in [5, 5.41) is 9.32. The smallest absolute Gasteiger partial charge is 0.184 e. The molecule has 1 atom stereocenters. The summed E-state index contributed by atoms with van der Waals surface area (Å²) in [4.78, 5) is 12.5. The minimum atomic E-state index is -0.785. The highest BCUT2D eigenvalue weighted by Crippen LogP contribution is 2.22. The van der Waals surface area contributed by atoms with Gasteiger partial charge in [-0.1, -0.05) is 49.4 Å². The summed E-state index contributed by atoms with van der Waals surface area (Å²) in [6, 6.07) is 18.2. The van der Waals surface area contributed by atoms with Gasteiger partial charge in [-0.15, -0.1) is 0 Å². The van der Waals surface area contributed by atoms with Crippen LogP contribution in [0.4, 0.5) is 0 Å². The van der Waals surface area contributed by atoms with Crippen LogP contribution in [0.2, 0.25) is 0 Å². The molecule has 0 aliphatic heterocycles. The molecule has 0 saturated carbocycles. The number of benzene rings is 2. The van der Waals surface area contributed by atoms with Crippen LogP contribution in [0.3, 0.4) is 0 Å². The molecule has 2 aromatic rings. The van der Waals surface area contributed by atoms with Gasteiger partial charge in [0, 0.05) is 5.56 Å². The molecule has 0 saturated heterocycles. The fraction of sp³-hybridized carbons (Fsp3) is 0.222. The maximum absolute atomic E-state index is 12.5. The number of hydrogen-bond acceptors (Lipinski definition) is 3. The Bertz CT molecular complexity index is 644. The molecule has 0 aliphatic carbocycles. The molecular weight excluding hydrogens is 262 g/mol. The van der Waals surface area contributed by atoms with Crippen molar-refractivity contribution in [3.05, 3.63) is 65.7 Å². The predicted octanol–water partition coefficient (Wildman–Crippen LogP) is 3.97. The standard InChI is InChI=1S/C18H17NO2/c1-2-11-21-16-10-6-9-15(12-16)18(20)17(13-19)14-7-4-3-5-8-14/h3-10,12,17H,2,11H2,1H3. The van der Waals surface area contributed by atoms with Crippen molar-refractivity contribution >= 4 is 5.78 Å². The number of carbonyl (C=O) groups excluding carboxylic acids is 1. The molecule has 0 spiro atoms. The van der Waals surface area contributed by atoms with Crippen molar-refractivity contribution in [2.24, 2.45) is 0 Å².